The minimum absolute atomic E-state index is 0.121. The smallest absolute Gasteiger partial charge is 0.253 e. The third-order valence-electron chi connectivity index (χ3n) is 3.80. The quantitative estimate of drug-likeness (QED) is 0.581. The summed E-state index contributed by atoms with van der Waals surface area (Å²) in [5, 5.41) is 5.93. The number of para-hydroxylation sites is 1. The maximum Gasteiger partial charge on any atom is 0.253 e. The fourth-order valence-corrected chi connectivity index (χ4v) is 3.53. The first kappa shape index (κ1) is 21.3. The highest BCUT2D eigenvalue weighted by molar-refractivity contribution is 7.99. The largest absolute Gasteiger partial charge is 0.352 e. The second-order valence-corrected chi connectivity index (χ2v) is 7.29. The van der Waals surface area contributed by atoms with Crippen LogP contribution in [-0.2, 0) is 10.5 Å². The molecule has 2 amide bonds. The second-order valence-electron chi connectivity index (χ2n) is 5.90. The van der Waals surface area contributed by atoms with Gasteiger partial charge in [0.2, 0.25) is 5.91 Å². The van der Waals surface area contributed by atoms with Crippen LogP contribution >= 0.6 is 23.4 Å². The Morgan fingerprint density at radius 3 is 2.67 bits per heavy atom. The molecule has 0 saturated heterocycles. The molecule has 4 nitrogen and oxygen atoms in total. The molecule has 2 N–H and O–H groups in total. The molecule has 0 heterocycles. The lowest BCUT2D eigenvalue weighted by Crippen LogP contribution is -2.26. The fourth-order valence-electron chi connectivity index (χ4n) is 2.37. The van der Waals surface area contributed by atoms with Gasteiger partial charge in [-0.1, -0.05) is 43.1 Å². The van der Waals surface area contributed by atoms with E-state index in [1.807, 2.05) is 6.92 Å². The van der Waals surface area contributed by atoms with Crippen LogP contribution in [0.15, 0.2) is 42.5 Å². The fraction of sp³-hybridized carbons (Fsp3) is 0.300. The van der Waals surface area contributed by atoms with Crippen molar-refractivity contribution in [2.45, 2.75) is 25.5 Å². The molecule has 0 aromatic heterocycles. The summed E-state index contributed by atoms with van der Waals surface area (Å²) in [7, 11) is 0. The molecule has 0 unspecified atom stereocenters. The molecule has 2 rings (SSSR count). The van der Waals surface area contributed by atoms with E-state index >= 15 is 0 Å². The van der Waals surface area contributed by atoms with Gasteiger partial charge in [-0.3, -0.25) is 9.59 Å². The number of benzene rings is 2. The van der Waals surface area contributed by atoms with Crippen molar-refractivity contribution in [1.82, 2.24) is 5.32 Å². The van der Waals surface area contributed by atoms with Gasteiger partial charge < -0.3 is 10.6 Å². The Labute approximate surface area is 167 Å². The maximum atomic E-state index is 13.7. The molecule has 2 aromatic carbocycles. The molecular formula is C20H22ClFN2O2S. The van der Waals surface area contributed by atoms with E-state index in [1.165, 1.54) is 17.8 Å². The molecule has 0 aliphatic rings. The van der Waals surface area contributed by atoms with Crippen molar-refractivity contribution in [1.29, 1.82) is 0 Å². The van der Waals surface area contributed by atoms with Crippen molar-refractivity contribution < 1.29 is 14.0 Å². The van der Waals surface area contributed by atoms with E-state index in [-0.39, 0.29) is 29.1 Å². The number of unbranched alkanes of at least 4 members (excludes halogenated alkanes) is 1. The van der Waals surface area contributed by atoms with Gasteiger partial charge in [0.15, 0.2) is 0 Å². The van der Waals surface area contributed by atoms with E-state index in [0.717, 1.165) is 12.8 Å². The van der Waals surface area contributed by atoms with Gasteiger partial charge in [-0.2, -0.15) is 0 Å². The first-order valence-electron chi connectivity index (χ1n) is 8.70. The first-order chi connectivity index (χ1) is 13.0. The molecular weight excluding hydrogens is 387 g/mol. The predicted octanol–water partition coefficient (Wildman–Crippen LogP) is 4.88. The van der Waals surface area contributed by atoms with E-state index in [0.29, 0.717) is 28.4 Å². The molecule has 2 aromatic rings. The zero-order chi connectivity index (χ0) is 19.6. The lowest BCUT2D eigenvalue weighted by atomic mass is 10.1. The van der Waals surface area contributed by atoms with E-state index in [9.17, 15) is 14.0 Å². The van der Waals surface area contributed by atoms with Crippen LogP contribution < -0.4 is 10.6 Å². The highest BCUT2D eigenvalue weighted by atomic mass is 35.5. The number of rotatable bonds is 9. The van der Waals surface area contributed by atoms with Gasteiger partial charge in [-0.25, -0.2) is 4.39 Å². The van der Waals surface area contributed by atoms with Crippen LogP contribution in [0, 0.1) is 5.82 Å². The summed E-state index contributed by atoms with van der Waals surface area (Å²) in [4.78, 5) is 24.5. The molecule has 0 saturated carbocycles. The lowest BCUT2D eigenvalue weighted by Gasteiger charge is -2.11. The molecule has 0 bridgehead atoms. The van der Waals surface area contributed by atoms with Gasteiger partial charge in [0.25, 0.3) is 5.91 Å². The van der Waals surface area contributed by atoms with Crippen LogP contribution in [0.1, 0.15) is 35.7 Å². The van der Waals surface area contributed by atoms with Gasteiger partial charge in [-0.15, -0.1) is 11.8 Å². The number of halogens is 2. The highest BCUT2D eigenvalue weighted by Gasteiger charge is 2.13. The molecule has 27 heavy (non-hydrogen) atoms. The molecule has 0 radical (unpaired) electrons. The molecule has 144 valence electrons. The van der Waals surface area contributed by atoms with Crippen molar-refractivity contribution in [2.24, 2.45) is 0 Å². The van der Waals surface area contributed by atoms with Crippen molar-refractivity contribution in [2.75, 3.05) is 17.6 Å². The number of thioether (sulfide) groups is 1. The van der Waals surface area contributed by atoms with Crippen LogP contribution in [0.2, 0.25) is 5.02 Å². The molecule has 0 atom stereocenters. The predicted molar refractivity (Wildman–Crippen MR) is 110 cm³/mol. The standard InChI is InChI=1S/C20H22ClFN2O2S/c1-2-3-11-23-20(26)14-7-4-5-10-18(14)24-19(25)13-27-12-15-16(21)8-6-9-17(15)22/h4-10H,2-3,11-13H2,1H3,(H,23,26)(H,24,25). The third kappa shape index (κ3) is 6.56. The maximum absolute atomic E-state index is 13.7. The van der Waals surface area contributed by atoms with E-state index in [1.54, 1.807) is 36.4 Å². The Kier molecular flexibility index (Phi) is 8.61. The van der Waals surface area contributed by atoms with Crippen LogP contribution in [0.25, 0.3) is 0 Å². The first-order valence-corrected chi connectivity index (χ1v) is 10.2. The van der Waals surface area contributed by atoms with Crippen LogP contribution in [-0.4, -0.2) is 24.1 Å². The summed E-state index contributed by atoms with van der Waals surface area (Å²) < 4.78 is 13.7. The highest BCUT2D eigenvalue weighted by Crippen LogP contribution is 2.24. The van der Waals surface area contributed by atoms with Crippen molar-refractivity contribution in [3.63, 3.8) is 0 Å². The molecule has 0 aliphatic carbocycles. The Bertz CT molecular complexity index is 781. The lowest BCUT2D eigenvalue weighted by molar-refractivity contribution is -0.113. The summed E-state index contributed by atoms with van der Waals surface area (Å²) in [6.07, 6.45) is 1.89. The summed E-state index contributed by atoms with van der Waals surface area (Å²) in [5.74, 6) is -0.454. The number of carbonyl (C=O) groups excluding carboxylic acids is 2. The van der Waals surface area contributed by atoms with Gasteiger partial charge in [-0.05, 0) is 30.7 Å². The average molecular weight is 409 g/mol. The van der Waals surface area contributed by atoms with Crippen molar-refractivity contribution >= 4 is 40.9 Å². The van der Waals surface area contributed by atoms with Gasteiger partial charge in [0.05, 0.1) is 17.0 Å². The average Bonchev–Trinajstić information content (AvgIpc) is 2.64. The molecule has 7 heteroatoms. The van der Waals surface area contributed by atoms with Gasteiger partial charge in [0, 0.05) is 22.9 Å². The Morgan fingerprint density at radius 1 is 1.15 bits per heavy atom. The van der Waals surface area contributed by atoms with Crippen LogP contribution in [0.3, 0.4) is 0 Å². The Hall–Kier alpha value is -2.05. The summed E-state index contributed by atoms with van der Waals surface area (Å²) in [6, 6.07) is 11.4. The summed E-state index contributed by atoms with van der Waals surface area (Å²) >= 11 is 7.24. The van der Waals surface area contributed by atoms with Gasteiger partial charge >= 0.3 is 0 Å². The summed E-state index contributed by atoms with van der Waals surface area (Å²) in [6.45, 7) is 2.64. The minimum atomic E-state index is -0.385. The van der Waals surface area contributed by atoms with Crippen LogP contribution in [0.4, 0.5) is 10.1 Å². The molecule has 0 fully saturated rings. The zero-order valence-corrected chi connectivity index (χ0v) is 16.6. The monoisotopic (exact) mass is 408 g/mol. The van der Waals surface area contributed by atoms with E-state index in [4.69, 9.17) is 11.6 Å². The summed E-state index contributed by atoms with van der Waals surface area (Å²) in [5.41, 5.74) is 1.26. The number of hydrogen-bond donors (Lipinski definition) is 2. The van der Waals surface area contributed by atoms with Crippen LogP contribution in [0.5, 0.6) is 0 Å². The van der Waals surface area contributed by atoms with Crippen molar-refractivity contribution in [3.05, 3.63) is 64.4 Å². The molecule has 0 spiro atoms. The number of hydrogen-bond acceptors (Lipinski definition) is 3. The second kappa shape index (κ2) is 10.9. The number of amides is 2. The van der Waals surface area contributed by atoms with E-state index in [2.05, 4.69) is 10.6 Å². The normalized spacial score (nSPS) is 10.5. The SMILES string of the molecule is CCCCNC(=O)c1ccccc1NC(=O)CSCc1c(F)cccc1Cl. The zero-order valence-electron chi connectivity index (χ0n) is 15.1. The topological polar surface area (TPSA) is 58.2 Å². The van der Waals surface area contributed by atoms with Crippen molar-refractivity contribution in [3.8, 4) is 0 Å². The van der Waals surface area contributed by atoms with E-state index < -0.39 is 0 Å². The third-order valence-corrected chi connectivity index (χ3v) is 5.12. The van der Waals surface area contributed by atoms with Gasteiger partial charge in [0.1, 0.15) is 5.82 Å². The Morgan fingerprint density at radius 2 is 1.93 bits per heavy atom. The number of carbonyl (C=O) groups is 2. The molecule has 0 aliphatic heterocycles. The Balaban J connectivity index is 1.91. The number of anilines is 1. The minimum Gasteiger partial charge on any atom is -0.352 e. The number of nitrogens with one attached hydrogen (secondary N) is 2.